The molecule has 174 valence electrons. The van der Waals surface area contributed by atoms with Crippen molar-refractivity contribution in [3.05, 3.63) is 0 Å². The van der Waals surface area contributed by atoms with Crippen molar-refractivity contribution >= 4 is 5.97 Å². The van der Waals surface area contributed by atoms with Gasteiger partial charge < -0.3 is 25.2 Å². The lowest BCUT2D eigenvalue weighted by Crippen LogP contribution is -2.39. The van der Waals surface area contributed by atoms with Gasteiger partial charge in [-0.3, -0.25) is 4.79 Å². The Morgan fingerprint density at radius 2 is 0.897 bits per heavy atom. The van der Waals surface area contributed by atoms with Crippen molar-refractivity contribution in [2.75, 3.05) is 33.0 Å². The molecule has 0 saturated heterocycles. The summed E-state index contributed by atoms with van der Waals surface area (Å²) in [5.74, 6) is -0.335. The summed E-state index contributed by atoms with van der Waals surface area (Å²) in [6.45, 7) is -1.08. The molecule has 0 radical (unpaired) electrons. The molecule has 0 aromatic heterocycles. The maximum absolute atomic E-state index is 11.7. The summed E-state index contributed by atoms with van der Waals surface area (Å²) in [5.41, 5.74) is -1.14. The average Bonchev–Trinajstić information content (AvgIpc) is 2.75. The van der Waals surface area contributed by atoms with E-state index in [1.165, 1.54) is 64.2 Å². The molecule has 0 aliphatic carbocycles. The van der Waals surface area contributed by atoms with Crippen molar-refractivity contribution in [3.63, 3.8) is 0 Å². The van der Waals surface area contributed by atoms with E-state index in [0.717, 1.165) is 32.1 Å². The third kappa shape index (κ3) is 16.8. The molecular weight excluding hydrogens is 372 g/mol. The smallest absolute Gasteiger partial charge is 0.305 e. The number of hydrogen-bond donors (Lipinski definition) is 4. The Labute approximate surface area is 177 Å². The molecule has 6 heteroatoms. The Morgan fingerprint density at radius 1 is 0.552 bits per heavy atom. The molecule has 0 spiro atoms. The molecule has 0 saturated carbocycles. The Hall–Kier alpha value is -0.690. The summed E-state index contributed by atoms with van der Waals surface area (Å²) in [5, 5.41) is 36.3. The number of aliphatic hydroxyl groups excluding tert-OH is 4. The number of esters is 1. The standard InChI is InChI=1S/C23H46O6/c24-17-15-13-11-9-7-5-3-1-2-4-6-8-10-12-14-16-22(28)29-21-23(18-25,19-26)20-27/h24-27H,1-21H2. The molecule has 0 aromatic carbocycles. The van der Waals surface area contributed by atoms with Crippen LogP contribution in [0.1, 0.15) is 103 Å². The fraction of sp³-hybridized carbons (Fsp3) is 0.957. The molecule has 0 rings (SSSR count). The van der Waals surface area contributed by atoms with Crippen molar-refractivity contribution in [3.8, 4) is 0 Å². The molecule has 6 nitrogen and oxygen atoms in total. The molecule has 0 unspecified atom stereocenters. The van der Waals surface area contributed by atoms with E-state index in [1.807, 2.05) is 0 Å². The van der Waals surface area contributed by atoms with Gasteiger partial charge in [0.1, 0.15) is 6.61 Å². The first-order valence-corrected chi connectivity index (χ1v) is 11.7. The Bertz CT molecular complexity index is 349. The van der Waals surface area contributed by atoms with Gasteiger partial charge in [0, 0.05) is 13.0 Å². The number of hydrogen-bond acceptors (Lipinski definition) is 6. The summed E-state index contributed by atoms with van der Waals surface area (Å²) in [6, 6.07) is 0. The van der Waals surface area contributed by atoms with Crippen molar-refractivity contribution in [1.29, 1.82) is 0 Å². The minimum Gasteiger partial charge on any atom is -0.465 e. The van der Waals surface area contributed by atoms with Gasteiger partial charge in [-0.15, -0.1) is 0 Å². The second-order valence-corrected chi connectivity index (χ2v) is 8.41. The van der Waals surface area contributed by atoms with Crippen molar-refractivity contribution in [2.45, 2.75) is 103 Å². The van der Waals surface area contributed by atoms with Gasteiger partial charge in [-0.25, -0.2) is 0 Å². The summed E-state index contributed by atoms with van der Waals surface area (Å²) >= 11 is 0. The van der Waals surface area contributed by atoms with Gasteiger partial charge in [0.15, 0.2) is 0 Å². The normalized spacial score (nSPS) is 11.7. The zero-order valence-corrected chi connectivity index (χ0v) is 18.5. The van der Waals surface area contributed by atoms with E-state index in [0.29, 0.717) is 13.0 Å². The number of carbonyl (C=O) groups excluding carboxylic acids is 1. The lowest BCUT2D eigenvalue weighted by molar-refractivity contribution is -0.151. The Kier molecular flexibility index (Phi) is 20.1. The quantitative estimate of drug-likeness (QED) is 0.158. The van der Waals surface area contributed by atoms with Crippen LogP contribution in [0.4, 0.5) is 0 Å². The maximum atomic E-state index is 11.7. The van der Waals surface area contributed by atoms with Gasteiger partial charge in [0.2, 0.25) is 0 Å². The highest BCUT2D eigenvalue weighted by atomic mass is 16.5. The number of rotatable bonds is 22. The molecule has 0 aliphatic rings. The van der Waals surface area contributed by atoms with Crippen LogP contribution >= 0.6 is 0 Å². The first-order chi connectivity index (χ1) is 14.1. The van der Waals surface area contributed by atoms with Gasteiger partial charge in [0.25, 0.3) is 0 Å². The van der Waals surface area contributed by atoms with Crippen molar-refractivity contribution in [2.24, 2.45) is 5.41 Å². The Balaban J connectivity index is 3.34. The molecule has 0 bridgehead atoms. The largest absolute Gasteiger partial charge is 0.465 e. The third-order valence-electron chi connectivity index (χ3n) is 5.58. The number of ether oxygens (including phenoxy) is 1. The summed E-state index contributed by atoms with van der Waals surface area (Å²) < 4.78 is 5.08. The van der Waals surface area contributed by atoms with E-state index in [4.69, 9.17) is 9.84 Å². The number of aliphatic hydroxyl groups is 4. The van der Waals surface area contributed by atoms with Crippen LogP contribution in [0.3, 0.4) is 0 Å². The van der Waals surface area contributed by atoms with E-state index < -0.39 is 25.2 Å². The Morgan fingerprint density at radius 3 is 1.24 bits per heavy atom. The van der Waals surface area contributed by atoms with Crippen molar-refractivity contribution in [1.82, 2.24) is 0 Å². The van der Waals surface area contributed by atoms with Crippen LogP contribution in [0.25, 0.3) is 0 Å². The highest BCUT2D eigenvalue weighted by Gasteiger charge is 2.29. The second-order valence-electron chi connectivity index (χ2n) is 8.41. The van der Waals surface area contributed by atoms with Crippen LogP contribution in [0, 0.1) is 5.41 Å². The van der Waals surface area contributed by atoms with E-state index >= 15 is 0 Å². The minimum atomic E-state index is -1.14. The van der Waals surface area contributed by atoms with Gasteiger partial charge in [-0.2, -0.15) is 0 Å². The van der Waals surface area contributed by atoms with Crippen molar-refractivity contribution < 1.29 is 30.0 Å². The van der Waals surface area contributed by atoms with Gasteiger partial charge in [-0.1, -0.05) is 83.5 Å². The molecule has 0 fully saturated rings. The highest BCUT2D eigenvalue weighted by molar-refractivity contribution is 5.69. The molecule has 4 N–H and O–H groups in total. The number of unbranched alkanes of at least 4 members (excludes halogenated alkanes) is 14. The number of carbonyl (C=O) groups is 1. The maximum Gasteiger partial charge on any atom is 0.305 e. The van der Waals surface area contributed by atoms with Crippen LogP contribution < -0.4 is 0 Å². The second kappa shape index (κ2) is 20.6. The molecule has 0 amide bonds. The van der Waals surface area contributed by atoms with E-state index in [1.54, 1.807) is 0 Å². The van der Waals surface area contributed by atoms with Gasteiger partial charge in [0.05, 0.1) is 25.2 Å². The van der Waals surface area contributed by atoms with Crippen LogP contribution in [0.5, 0.6) is 0 Å². The predicted octanol–water partition coefficient (Wildman–Crippen LogP) is 3.73. The summed E-state index contributed by atoms with van der Waals surface area (Å²) in [7, 11) is 0. The molecule has 0 atom stereocenters. The highest BCUT2D eigenvalue weighted by Crippen LogP contribution is 2.16. The van der Waals surface area contributed by atoms with E-state index in [-0.39, 0.29) is 12.6 Å². The lowest BCUT2D eigenvalue weighted by atomic mass is 9.93. The SMILES string of the molecule is O=C(CCCCCCCCCCCCCCCCCO)OCC(CO)(CO)CO. The molecule has 0 aromatic rings. The van der Waals surface area contributed by atoms with E-state index in [2.05, 4.69) is 0 Å². The lowest BCUT2D eigenvalue weighted by Gasteiger charge is -2.26. The van der Waals surface area contributed by atoms with Crippen LogP contribution in [0.2, 0.25) is 0 Å². The molecular formula is C23H46O6. The van der Waals surface area contributed by atoms with Crippen LogP contribution in [-0.2, 0) is 9.53 Å². The first-order valence-electron chi connectivity index (χ1n) is 11.7. The van der Waals surface area contributed by atoms with E-state index in [9.17, 15) is 20.1 Å². The van der Waals surface area contributed by atoms with Gasteiger partial charge >= 0.3 is 5.97 Å². The first kappa shape index (κ1) is 28.3. The summed E-state index contributed by atoms with van der Waals surface area (Å²) in [4.78, 5) is 11.7. The molecule has 0 heterocycles. The molecule has 29 heavy (non-hydrogen) atoms. The van der Waals surface area contributed by atoms with Crippen LogP contribution in [0.15, 0.2) is 0 Å². The fourth-order valence-electron chi connectivity index (χ4n) is 3.27. The third-order valence-corrected chi connectivity index (χ3v) is 5.58. The minimum absolute atomic E-state index is 0.154. The zero-order chi connectivity index (χ0) is 21.6. The summed E-state index contributed by atoms with van der Waals surface area (Å²) in [6.07, 6.45) is 18.4. The van der Waals surface area contributed by atoms with Gasteiger partial charge in [-0.05, 0) is 12.8 Å². The topological polar surface area (TPSA) is 107 Å². The monoisotopic (exact) mass is 418 g/mol. The fourth-order valence-corrected chi connectivity index (χ4v) is 3.27. The molecule has 0 aliphatic heterocycles. The average molecular weight is 419 g/mol. The van der Waals surface area contributed by atoms with Crippen LogP contribution in [-0.4, -0.2) is 59.4 Å². The zero-order valence-electron chi connectivity index (χ0n) is 18.5. The predicted molar refractivity (Wildman–Crippen MR) is 116 cm³/mol.